The van der Waals surface area contributed by atoms with Crippen molar-refractivity contribution in [3.05, 3.63) is 54.4 Å². The van der Waals surface area contributed by atoms with Crippen LogP contribution in [0.15, 0.2) is 48.7 Å². The number of ether oxygens (including phenoxy) is 2. The molecule has 1 saturated heterocycles. The molecule has 0 radical (unpaired) electrons. The van der Waals surface area contributed by atoms with Gasteiger partial charge in [-0.1, -0.05) is 12.1 Å². The van der Waals surface area contributed by atoms with Gasteiger partial charge in [0.1, 0.15) is 17.5 Å². The molecule has 1 aliphatic rings. The van der Waals surface area contributed by atoms with Gasteiger partial charge in [0.15, 0.2) is 0 Å². The van der Waals surface area contributed by atoms with Gasteiger partial charge < -0.3 is 14.4 Å². The first-order valence-corrected chi connectivity index (χ1v) is 9.07. The Balaban J connectivity index is 1.49. The van der Waals surface area contributed by atoms with Gasteiger partial charge in [0.25, 0.3) is 5.91 Å². The smallest absolute Gasteiger partial charge is 0.272 e. The Morgan fingerprint density at radius 3 is 2.86 bits per heavy atom. The number of para-hydroxylation sites is 1. The summed E-state index contributed by atoms with van der Waals surface area (Å²) < 4.78 is 12.8. The van der Waals surface area contributed by atoms with E-state index in [1.54, 1.807) is 48.1 Å². The Kier molecular flexibility index (Phi) is 4.92. The number of hydrogen-bond acceptors (Lipinski definition) is 6. The molecule has 1 fully saturated rings. The molecule has 3 heterocycles. The van der Waals surface area contributed by atoms with Gasteiger partial charge in [-0.15, -0.1) is 5.10 Å². The van der Waals surface area contributed by atoms with Gasteiger partial charge in [0.05, 0.1) is 19.3 Å². The third kappa shape index (κ3) is 3.53. The second-order valence-electron chi connectivity index (χ2n) is 6.58. The summed E-state index contributed by atoms with van der Waals surface area (Å²) in [5.74, 6) is 1.13. The Morgan fingerprint density at radius 1 is 1.21 bits per heavy atom. The van der Waals surface area contributed by atoms with Crippen molar-refractivity contribution in [2.75, 3.05) is 20.2 Å². The molecule has 0 spiro atoms. The lowest BCUT2D eigenvalue weighted by Crippen LogP contribution is -2.32. The molecule has 0 N–H and O–H groups in total. The normalized spacial score (nSPS) is 16.2. The lowest BCUT2D eigenvalue weighted by molar-refractivity contribution is 0.0760. The largest absolute Gasteiger partial charge is 0.496 e. The Morgan fingerprint density at radius 2 is 2.07 bits per heavy atom. The van der Waals surface area contributed by atoms with Crippen LogP contribution in [0.1, 0.15) is 16.9 Å². The zero-order valence-corrected chi connectivity index (χ0v) is 15.8. The lowest BCUT2D eigenvalue weighted by Gasteiger charge is -2.16. The summed E-state index contributed by atoms with van der Waals surface area (Å²) in [6, 6.07) is 13.0. The SMILES string of the molecule is COc1ccccc1-c1cc(C(=O)N2CCC(Oc3cccnn3)C2)n(C)n1. The zero-order valence-electron chi connectivity index (χ0n) is 15.8. The summed E-state index contributed by atoms with van der Waals surface area (Å²) in [6.45, 7) is 1.13. The minimum absolute atomic E-state index is 0.0682. The summed E-state index contributed by atoms with van der Waals surface area (Å²) in [5, 5.41) is 12.3. The molecule has 2 aromatic heterocycles. The van der Waals surface area contributed by atoms with E-state index in [-0.39, 0.29) is 12.0 Å². The Hall–Kier alpha value is -3.42. The average molecular weight is 379 g/mol. The van der Waals surface area contributed by atoms with Crippen molar-refractivity contribution >= 4 is 5.91 Å². The van der Waals surface area contributed by atoms with Crippen molar-refractivity contribution in [2.24, 2.45) is 7.05 Å². The van der Waals surface area contributed by atoms with E-state index < -0.39 is 0 Å². The van der Waals surface area contributed by atoms with Crippen LogP contribution < -0.4 is 9.47 Å². The molecule has 1 amide bonds. The van der Waals surface area contributed by atoms with E-state index in [1.807, 2.05) is 24.3 Å². The fourth-order valence-corrected chi connectivity index (χ4v) is 3.35. The summed E-state index contributed by atoms with van der Waals surface area (Å²) in [6.07, 6.45) is 2.25. The second-order valence-corrected chi connectivity index (χ2v) is 6.58. The highest BCUT2D eigenvalue weighted by atomic mass is 16.5. The second kappa shape index (κ2) is 7.67. The molecule has 4 rings (SSSR count). The van der Waals surface area contributed by atoms with Gasteiger partial charge >= 0.3 is 0 Å². The minimum Gasteiger partial charge on any atom is -0.496 e. The van der Waals surface area contributed by atoms with Gasteiger partial charge in [-0.05, 0) is 24.3 Å². The first kappa shape index (κ1) is 18.0. The van der Waals surface area contributed by atoms with E-state index in [9.17, 15) is 4.79 Å². The maximum Gasteiger partial charge on any atom is 0.272 e. The number of benzene rings is 1. The van der Waals surface area contributed by atoms with Crippen LogP contribution in [0.5, 0.6) is 11.6 Å². The Labute approximate surface area is 162 Å². The van der Waals surface area contributed by atoms with E-state index in [0.717, 1.165) is 17.7 Å². The van der Waals surface area contributed by atoms with Crippen LogP contribution in [0.25, 0.3) is 11.3 Å². The molecule has 1 atom stereocenters. The molecule has 1 aliphatic heterocycles. The molecule has 144 valence electrons. The Bertz CT molecular complexity index is 973. The number of aromatic nitrogens is 4. The van der Waals surface area contributed by atoms with E-state index in [2.05, 4.69) is 15.3 Å². The number of amides is 1. The molecule has 8 nitrogen and oxygen atoms in total. The average Bonchev–Trinajstić information content (AvgIpc) is 3.35. The number of hydrogen-bond donors (Lipinski definition) is 0. The summed E-state index contributed by atoms with van der Waals surface area (Å²) in [5.41, 5.74) is 2.08. The van der Waals surface area contributed by atoms with Gasteiger partial charge in [-0.3, -0.25) is 9.48 Å². The monoisotopic (exact) mass is 379 g/mol. The maximum absolute atomic E-state index is 13.0. The summed E-state index contributed by atoms with van der Waals surface area (Å²) in [7, 11) is 3.39. The molecule has 1 aromatic carbocycles. The lowest BCUT2D eigenvalue weighted by atomic mass is 10.1. The number of likely N-dealkylation sites (tertiary alicyclic amines) is 1. The van der Waals surface area contributed by atoms with Crippen molar-refractivity contribution in [3.63, 3.8) is 0 Å². The molecule has 1 unspecified atom stereocenters. The predicted octanol–water partition coefficient (Wildman–Crippen LogP) is 2.18. The van der Waals surface area contributed by atoms with Crippen LogP contribution in [-0.4, -0.2) is 57.1 Å². The highest BCUT2D eigenvalue weighted by molar-refractivity contribution is 5.94. The maximum atomic E-state index is 13.0. The van der Waals surface area contributed by atoms with Crippen LogP contribution in [0, 0.1) is 0 Å². The van der Waals surface area contributed by atoms with Crippen LogP contribution in [0.4, 0.5) is 0 Å². The molecular formula is C20H21N5O3. The highest BCUT2D eigenvalue weighted by Crippen LogP contribution is 2.29. The van der Waals surface area contributed by atoms with Gasteiger partial charge in [-0.25, -0.2) is 0 Å². The van der Waals surface area contributed by atoms with E-state index in [0.29, 0.717) is 30.4 Å². The number of rotatable bonds is 5. The predicted molar refractivity (Wildman–Crippen MR) is 102 cm³/mol. The number of methoxy groups -OCH3 is 1. The molecule has 8 heteroatoms. The van der Waals surface area contributed by atoms with Crippen LogP contribution in [0.3, 0.4) is 0 Å². The highest BCUT2D eigenvalue weighted by Gasteiger charge is 2.30. The van der Waals surface area contributed by atoms with Crippen molar-refractivity contribution in [3.8, 4) is 22.9 Å². The number of carbonyl (C=O) groups is 1. The topological polar surface area (TPSA) is 82.4 Å². The summed E-state index contributed by atoms with van der Waals surface area (Å²) >= 11 is 0. The molecule has 3 aromatic rings. The summed E-state index contributed by atoms with van der Waals surface area (Å²) in [4.78, 5) is 14.8. The molecular weight excluding hydrogens is 358 g/mol. The molecule has 0 bridgehead atoms. The van der Waals surface area contributed by atoms with Crippen molar-refractivity contribution in [2.45, 2.75) is 12.5 Å². The van der Waals surface area contributed by atoms with E-state index in [4.69, 9.17) is 9.47 Å². The first-order valence-electron chi connectivity index (χ1n) is 9.07. The van der Waals surface area contributed by atoms with Crippen LogP contribution in [-0.2, 0) is 7.05 Å². The number of nitrogens with zero attached hydrogens (tertiary/aromatic N) is 5. The van der Waals surface area contributed by atoms with Crippen molar-refractivity contribution in [1.29, 1.82) is 0 Å². The van der Waals surface area contributed by atoms with Crippen molar-refractivity contribution < 1.29 is 14.3 Å². The van der Waals surface area contributed by atoms with Crippen LogP contribution >= 0.6 is 0 Å². The minimum atomic E-state index is -0.0948. The van der Waals surface area contributed by atoms with Gasteiger partial charge in [0.2, 0.25) is 5.88 Å². The van der Waals surface area contributed by atoms with Crippen molar-refractivity contribution in [1.82, 2.24) is 24.9 Å². The third-order valence-electron chi connectivity index (χ3n) is 4.75. The quantitative estimate of drug-likeness (QED) is 0.676. The third-order valence-corrected chi connectivity index (χ3v) is 4.75. The fourth-order valence-electron chi connectivity index (χ4n) is 3.35. The molecule has 0 saturated carbocycles. The van der Waals surface area contributed by atoms with E-state index in [1.165, 1.54) is 0 Å². The fraction of sp³-hybridized carbons (Fsp3) is 0.300. The standard InChI is InChI=1S/C20H21N5O3/c1-24-17(12-16(23-24)15-6-3-4-7-18(15)27-2)20(26)25-11-9-14(13-25)28-19-8-5-10-21-22-19/h3-8,10,12,14H,9,11,13H2,1-2H3. The number of carbonyl (C=O) groups excluding carboxylic acids is 1. The van der Waals surface area contributed by atoms with Gasteiger partial charge in [-0.2, -0.15) is 10.2 Å². The van der Waals surface area contributed by atoms with E-state index >= 15 is 0 Å². The van der Waals surface area contributed by atoms with Gasteiger partial charge in [0, 0.05) is 37.8 Å². The molecule has 28 heavy (non-hydrogen) atoms. The van der Waals surface area contributed by atoms with Crippen LogP contribution in [0.2, 0.25) is 0 Å². The zero-order chi connectivity index (χ0) is 19.5. The first-order chi connectivity index (χ1) is 13.7. The molecule has 0 aliphatic carbocycles. The number of aryl methyl sites for hydroxylation is 1.